The van der Waals surface area contributed by atoms with Crippen LogP contribution in [0.3, 0.4) is 0 Å². The molecular formula is Cl2NiP. The van der Waals surface area contributed by atoms with Crippen molar-refractivity contribution in [2.24, 2.45) is 0 Å². The van der Waals surface area contributed by atoms with E-state index in [0.29, 0.717) is 0 Å². The molecular weight excluding hydrogens is 161 g/mol. The Balaban J connectivity index is 0. The fourth-order valence-electron chi connectivity index (χ4n) is 0. The third-order valence-electron chi connectivity index (χ3n) is 0. The quantitative estimate of drug-likeness (QED) is 0.246. The van der Waals surface area contributed by atoms with Crippen LogP contribution in [0.1, 0.15) is 0 Å². The van der Waals surface area contributed by atoms with Crippen molar-refractivity contribution in [3.05, 3.63) is 0 Å². The average molecular weight is 161 g/mol. The Morgan fingerprint density at radius 3 is 0.750 bits per heavy atom. The maximum absolute atomic E-state index is 0. The van der Waals surface area contributed by atoms with E-state index in [1.54, 1.807) is 0 Å². The Bertz CT molecular complexity index is 6.00. The molecule has 0 aliphatic rings. The third-order valence-corrected chi connectivity index (χ3v) is 0. The summed E-state index contributed by atoms with van der Waals surface area (Å²) < 4.78 is 0. The van der Waals surface area contributed by atoms with E-state index in [9.17, 15) is 0 Å². The molecule has 0 N–H and O–H groups in total. The predicted molar refractivity (Wildman–Crippen MR) is 6.92 cm³/mol. The van der Waals surface area contributed by atoms with Crippen molar-refractivity contribution in [2.75, 3.05) is 0 Å². The topological polar surface area (TPSA) is 0 Å². The second-order valence-corrected chi connectivity index (χ2v) is 0. The van der Waals surface area contributed by atoms with Gasteiger partial charge in [0.1, 0.15) is 0 Å². The van der Waals surface area contributed by atoms with Crippen LogP contribution in [0, 0.1) is 0 Å². The Morgan fingerprint density at radius 2 is 0.750 bits per heavy atom. The van der Waals surface area contributed by atoms with Crippen molar-refractivity contribution < 1.29 is 41.3 Å². The van der Waals surface area contributed by atoms with E-state index in [4.69, 9.17) is 0 Å². The Kier molecular flexibility index (Phi) is 302. The monoisotopic (exact) mass is 159 g/mol. The summed E-state index contributed by atoms with van der Waals surface area (Å²) in [6.45, 7) is 0. The van der Waals surface area contributed by atoms with Gasteiger partial charge < -0.3 is 24.8 Å². The maximum atomic E-state index is 0. The molecule has 0 saturated carbocycles. The number of rotatable bonds is 0. The van der Waals surface area contributed by atoms with Crippen molar-refractivity contribution in [3.8, 4) is 0 Å². The molecule has 0 atom stereocenters. The Morgan fingerprint density at radius 1 is 0.750 bits per heavy atom. The van der Waals surface area contributed by atoms with Crippen molar-refractivity contribution in [1.29, 1.82) is 0 Å². The maximum Gasteiger partial charge on any atom is 2.00 e. The number of hydrogen-bond acceptors (Lipinski definition) is 0. The summed E-state index contributed by atoms with van der Waals surface area (Å²) in [5.74, 6) is 0. The molecule has 0 aliphatic heterocycles. The van der Waals surface area contributed by atoms with E-state index in [0.717, 1.165) is 0 Å². The fraction of sp³-hybridized carbons (Fsp3) is 0. The van der Waals surface area contributed by atoms with Crippen LogP contribution in [0.15, 0.2) is 0 Å². The van der Waals surface area contributed by atoms with Crippen LogP contribution in [0.2, 0.25) is 0 Å². The van der Waals surface area contributed by atoms with Crippen molar-refractivity contribution in [2.45, 2.75) is 0 Å². The van der Waals surface area contributed by atoms with Gasteiger partial charge in [-0.2, -0.15) is 0 Å². The molecule has 4 heteroatoms. The molecule has 0 fully saturated rings. The largest absolute Gasteiger partial charge is 2.00 e. The molecule has 0 aromatic carbocycles. The van der Waals surface area contributed by atoms with Gasteiger partial charge in [-0.25, -0.2) is 0 Å². The van der Waals surface area contributed by atoms with E-state index < -0.39 is 0 Å². The summed E-state index contributed by atoms with van der Waals surface area (Å²) in [5.41, 5.74) is 0. The fourth-order valence-corrected chi connectivity index (χ4v) is 0. The van der Waals surface area contributed by atoms with Crippen LogP contribution in [-0.4, -0.2) is 0 Å². The van der Waals surface area contributed by atoms with Gasteiger partial charge >= 0.3 is 16.5 Å². The van der Waals surface area contributed by atoms with Gasteiger partial charge in [-0.1, -0.05) is 0 Å². The molecule has 0 spiro atoms. The minimum absolute atomic E-state index is 0. The molecule has 0 rings (SSSR count). The van der Waals surface area contributed by atoms with Gasteiger partial charge in [0, 0.05) is 9.90 Å². The van der Waals surface area contributed by atoms with Gasteiger partial charge in [0.05, 0.1) is 0 Å². The minimum Gasteiger partial charge on any atom is -1.00 e. The minimum atomic E-state index is 0. The first-order valence-electron chi connectivity index (χ1n) is 0. The van der Waals surface area contributed by atoms with Gasteiger partial charge in [-0.3, -0.25) is 0 Å². The van der Waals surface area contributed by atoms with Gasteiger partial charge in [-0.15, -0.1) is 0 Å². The summed E-state index contributed by atoms with van der Waals surface area (Å²) in [7, 11) is 0. The molecule has 3 radical (unpaired) electrons. The molecule has 0 heterocycles. The molecule has 0 aromatic heterocycles. The standard InChI is InChI=1S/2ClH.Ni.P/h2*1H;;/q;;+2;/p-2. The first kappa shape index (κ1) is 49.4. The van der Waals surface area contributed by atoms with E-state index in [-0.39, 0.29) is 51.2 Å². The summed E-state index contributed by atoms with van der Waals surface area (Å²) in [6, 6.07) is 0. The zero-order valence-electron chi connectivity index (χ0n) is 1.52. The van der Waals surface area contributed by atoms with Gasteiger partial charge in [0.2, 0.25) is 0 Å². The van der Waals surface area contributed by atoms with Gasteiger partial charge in [-0.05, 0) is 0 Å². The Hall–Kier alpha value is 1.50. The van der Waals surface area contributed by atoms with Crippen LogP contribution >= 0.6 is 9.90 Å². The van der Waals surface area contributed by atoms with Crippen molar-refractivity contribution >= 4 is 9.90 Å². The number of halogens is 2. The van der Waals surface area contributed by atoms with Crippen molar-refractivity contribution in [3.63, 3.8) is 0 Å². The van der Waals surface area contributed by atoms with Crippen LogP contribution in [-0.2, 0) is 16.5 Å². The summed E-state index contributed by atoms with van der Waals surface area (Å²) in [6.07, 6.45) is 0. The first-order chi connectivity index (χ1) is 0. The third kappa shape index (κ3) is 9.71. The normalized spacial score (nSPS) is 0. The van der Waals surface area contributed by atoms with E-state index >= 15 is 0 Å². The second kappa shape index (κ2) is 24.5. The first-order valence-corrected chi connectivity index (χ1v) is 0. The molecule has 0 aliphatic carbocycles. The van der Waals surface area contributed by atoms with E-state index in [1.165, 1.54) is 0 Å². The zero-order chi connectivity index (χ0) is 0. The molecule has 0 aromatic rings. The number of hydrogen-bond donors (Lipinski definition) is 0. The van der Waals surface area contributed by atoms with Crippen LogP contribution in [0.4, 0.5) is 0 Å². The van der Waals surface area contributed by atoms with Gasteiger partial charge in [0.15, 0.2) is 0 Å². The van der Waals surface area contributed by atoms with Crippen LogP contribution in [0.5, 0.6) is 0 Å². The van der Waals surface area contributed by atoms with Crippen molar-refractivity contribution in [1.82, 2.24) is 0 Å². The molecule has 0 unspecified atom stereocenters. The summed E-state index contributed by atoms with van der Waals surface area (Å²) in [4.78, 5) is 0. The second-order valence-electron chi connectivity index (χ2n) is 0. The van der Waals surface area contributed by atoms with E-state index in [2.05, 4.69) is 0 Å². The molecule has 0 amide bonds. The average Bonchev–Trinajstić information content (AvgIpc) is 0. The summed E-state index contributed by atoms with van der Waals surface area (Å²) >= 11 is 0. The summed E-state index contributed by atoms with van der Waals surface area (Å²) in [5, 5.41) is 0. The smallest absolute Gasteiger partial charge is 1.00 e. The van der Waals surface area contributed by atoms with Gasteiger partial charge in [0.25, 0.3) is 0 Å². The molecule has 4 heavy (non-hydrogen) atoms. The molecule has 0 nitrogen and oxygen atoms in total. The Labute approximate surface area is 51.5 Å². The molecule has 29 valence electrons. The molecule has 0 bridgehead atoms. The molecule has 0 saturated heterocycles. The van der Waals surface area contributed by atoms with Crippen LogP contribution < -0.4 is 24.8 Å². The van der Waals surface area contributed by atoms with E-state index in [1.807, 2.05) is 0 Å². The predicted octanol–water partition coefficient (Wildman–Crippen LogP) is -5.13. The zero-order valence-corrected chi connectivity index (χ0v) is 4.91. The van der Waals surface area contributed by atoms with Crippen LogP contribution in [0.25, 0.3) is 0 Å². The SMILES string of the molecule is [Cl-].[Cl-].[Ni+2].[P].